The van der Waals surface area contributed by atoms with Crippen LogP contribution in [0.25, 0.3) is 0 Å². The molecule has 0 aliphatic rings. The minimum Gasteiger partial charge on any atom is -0.124 e. The standard InChI is InChI=1S/4C2H2.H4Si/c4*1-2;/h4*1-2H;1H4. The van der Waals surface area contributed by atoms with E-state index in [4.69, 9.17) is 0 Å². The van der Waals surface area contributed by atoms with E-state index in [1.165, 1.54) is 0 Å². The van der Waals surface area contributed by atoms with E-state index in [0.717, 1.165) is 0 Å². The van der Waals surface area contributed by atoms with Crippen LogP contribution in [0.3, 0.4) is 0 Å². The first-order valence-electron chi connectivity index (χ1n) is 1.33. The Balaban J connectivity index is -0.00000000762. The molecule has 0 atom stereocenters. The zero-order chi connectivity index (χ0) is 8.00. The summed E-state index contributed by atoms with van der Waals surface area (Å²) in [5.74, 6) is 0. The molecule has 0 fully saturated rings. The van der Waals surface area contributed by atoms with Gasteiger partial charge in [0.15, 0.2) is 0 Å². The highest BCUT2D eigenvalue weighted by atomic mass is 28.1. The van der Waals surface area contributed by atoms with E-state index < -0.39 is 0 Å². The molecule has 1 heteroatoms. The molecule has 0 N–H and O–H groups in total. The van der Waals surface area contributed by atoms with Crippen LogP contribution < -0.4 is 0 Å². The van der Waals surface area contributed by atoms with Crippen LogP contribution in [-0.2, 0) is 0 Å². The average Bonchev–Trinajstić information content (AvgIpc) is 2.03. The van der Waals surface area contributed by atoms with Crippen LogP contribution in [0.2, 0.25) is 0 Å². The Morgan fingerprint density at radius 3 is 0.333 bits per heavy atom. The maximum absolute atomic E-state index is 4.00. The van der Waals surface area contributed by atoms with Crippen molar-refractivity contribution in [3.05, 3.63) is 0 Å². The normalized spacial score (nSPS) is 0.889. The van der Waals surface area contributed by atoms with Gasteiger partial charge in [-0.2, -0.15) is 0 Å². The van der Waals surface area contributed by atoms with Crippen molar-refractivity contribution in [2.45, 2.75) is 0 Å². The Morgan fingerprint density at radius 2 is 0.333 bits per heavy atom. The first kappa shape index (κ1) is 51.5. The number of hydrogen-bond donors (Lipinski definition) is 0. The smallest absolute Gasteiger partial charge is 0.0149 e. The molecular formula is C8H12Si. The number of terminal acetylenes is 4. The second-order valence-electron chi connectivity index (χ2n) is 0. The van der Waals surface area contributed by atoms with Crippen molar-refractivity contribution >= 4 is 11.0 Å². The van der Waals surface area contributed by atoms with Gasteiger partial charge in [-0.15, -0.1) is 51.4 Å². The first-order valence-corrected chi connectivity index (χ1v) is 1.33. The lowest BCUT2D eigenvalue weighted by atomic mass is 11.4. The molecule has 48 valence electrons. The zero-order valence-electron chi connectivity index (χ0n) is 4.62. The molecular weight excluding hydrogens is 124 g/mol. The topological polar surface area (TPSA) is 0 Å². The maximum atomic E-state index is 4.00. The van der Waals surface area contributed by atoms with Gasteiger partial charge in [0.25, 0.3) is 0 Å². The third-order valence-corrected chi connectivity index (χ3v) is 0. The van der Waals surface area contributed by atoms with Crippen molar-refractivity contribution in [2.75, 3.05) is 0 Å². The maximum Gasteiger partial charge on any atom is -0.0149 e. The molecule has 0 radical (unpaired) electrons. The summed E-state index contributed by atoms with van der Waals surface area (Å²) < 4.78 is 0. The third-order valence-electron chi connectivity index (χ3n) is 0. The van der Waals surface area contributed by atoms with Gasteiger partial charge in [0.05, 0.1) is 0 Å². The average molecular weight is 136 g/mol. The van der Waals surface area contributed by atoms with Gasteiger partial charge in [-0.3, -0.25) is 0 Å². The highest BCUT2D eigenvalue weighted by Crippen LogP contribution is 0.585. The molecule has 0 unspecified atom stereocenters. The Kier molecular flexibility index (Phi) is 462. The molecule has 0 aliphatic carbocycles. The van der Waals surface area contributed by atoms with Crippen LogP contribution in [0.4, 0.5) is 0 Å². The second kappa shape index (κ2) is 80.7. The highest BCUT2D eigenvalue weighted by Gasteiger charge is 0.460. The Morgan fingerprint density at radius 1 is 0.333 bits per heavy atom. The largest absolute Gasteiger partial charge is 0.124 e. The van der Waals surface area contributed by atoms with Crippen molar-refractivity contribution in [2.24, 2.45) is 0 Å². The third kappa shape index (κ3) is 53.9. The number of hydrogen-bond acceptors (Lipinski definition) is 0. The summed E-state index contributed by atoms with van der Waals surface area (Å²) in [6.07, 6.45) is 32.0. The van der Waals surface area contributed by atoms with Crippen LogP contribution in [0.15, 0.2) is 0 Å². The Hall–Kier alpha value is -1.54. The fourth-order valence-electron chi connectivity index (χ4n) is 0. The van der Waals surface area contributed by atoms with Crippen molar-refractivity contribution in [1.82, 2.24) is 0 Å². The van der Waals surface area contributed by atoms with Gasteiger partial charge in [-0.1, -0.05) is 0 Å². The molecule has 0 bridgehead atoms. The summed E-state index contributed by atoms with van der Waals surface area (Å²) in [6.45, 7) is 0. The van der Waals surface area contributed by atoms with Gasteiger partial charge in [0.2, 0.25) is 0 Å². The Labute approximate surface area is 63.1 Å². The van der Waals surface area contributed by atoms with E-state index in [9.17, 15) is 0 Å². The van der Waals surface area contributed by atoms with E-state index in [2.05, 4.69) is 51.4 Å². The molecule has 0 spiro atoms. The Bertz CT molecular complexity index is 47.5. The van der Waals surface area contributed by atoms with Crippen LogP contribution >= 0.6 is 0 Å². The summed E-state index contributed by atoms with van der Waals surface area (Å²) in [4.78, 5) is 0. The molecule has 0 nitrogen and oxygen atoms in total. The van der Waals surface area contributed by atoms with Crippen molar-refractivity contribution in [1.29, 1.82) is 0 Å². The second-order valence-corrected chi connectivity index (χ2v) is 0. The molecule has 0 saturated heterocycles. The van der Waals surface area contributed by atoms with Gasteiger partial charge in [-0.05, 0) is 11.0 Å². The molecule has 0 amide bonds. The molecule has 0 saturated carbocycles. The van der Waals surface area contributed by atoms with Crippen molar-refractivity contribution in [3.63, 3.8) is 0 Å². The first-order chi connectivity index (χ1) is 4.00. The van der Waals surface area contributed by atoms with E-state index in [0.29, 0.717) is 0 Å². The lowest BCUT2D eigenvalue weighted by Gasteiger charge is -0.701. The lowest BCUT2D eigenvalue weighted by molar-refractivity contribution is 3.31. The molecule has 0 aromatic rings. The molecule has 9 heavy (non-hydrogen) atoms. The number of rotatable bonds is 0. The van der Waals surface area contributed by atoms with E-state index >= 15 is 0 Å². The van der Waals surface area contributed by atoms with Crippen LogP contribution in [0.1, 0.15) is 0 Å². The predicted octanol–water partition coefficient (Wildman–Crippen LogP) is -0.454. The molecule has 0 rings (SSSR count). The fourth-order valence-corrected chi connectivity index (χ4v) is 0. The summed E-state index contributed by atoms with van der Waals surface area (Å²) >= 11 is 0. The van der Waals surface area contributed by atoms with E-state index in [-0.39, 0.29) is 11.0 Å². The predicted molar refractivity (Wildman–Crippen MR) is 50.9 cm³/mol. The summed E-state index contributed by atoms with van der Waals surface area (Å²) in [5.41, 5.74) is 0. The van der Waals surface area contributed by atoms with Crippen LogP contribution in [-0.4, -0.2) is 11.0 Å². The summed E-state index contributed by atoms with van der Waals surface area (Å²) in [5, 5.41) is 0. The highest BCUT2D eigenvalue weighted by molar-refractivity contribution is 5.75. The minimum absolute atomic E-state index is 0. The quantitative estimate of drug-likeness (QED) is 0.312. The summed E-state index contributed by atoms with van der Waals surface area (Å²) in [7, 11) is 0. The lowest BCUT2D eigenvalue weighted by Crippen LogP contribution is -0.576. The van der Waals surface area contributed by atoms with Gasteiger partial charge in [-0.25, -0.2) is 0 Å². The minimum atomic E-state index is 0. The van der Waals surface area contributed by atoms with E-state index in [1.807, 2.05) is 0 Å². The van der Waals surface area contributed by atoms with Gasteiger partial charge in [0.1, 0.15) is 0 Å². The summed E-state index contributed by atoms with van der Waals surface area (Å²) in [6, 6.07) is 0. The van der Waals surface area contributed by atoms with Gasteiger partial charge in [0, 0.05) is 0 Å². The van der Waals surface area contributed by atoms with Gasteiger partial charge >= 0.3 is 0 Å². The van der Waals surface area contributed by atoms with Gasteiger partial charge < -0.3 is 0 Å². The monoisotopic (exact) mass is 136 g/mol. The molecule has 0 aromatic heterocycles. The SMILES string of the molecule is C#C.C#C.C#C.C#C.[SiH4]. The van der Waals surface area contributed by atoms with Crippen LogP contribution in [0.5, 0.6) is 0 Å². The molecule has 0 aliphatic heterocycles. The zero-order valence-corrected chi connectivity index (χ0v) is 4.62. The fraction of sp³-hybridized carbons (Fsp3) is 0. The van der Waals surface area contributed by atoms with Crippen molar-refractivity contribution in [3.8, 4) is 51.4 Å². The van der Waals surface area contributed by atoms with Crippen molar-refractivity contribution < 1.29 is 0 Å². The molecule has 0 heterocycles. The van der Waals surface area contributed by atoms with E-state index in [1.54, 1.807) is 0 Å². The molecule has 0 aromatic carbocycles. The van der Waals surface area contributed by atoms with Crippen LogP contribution in [0, 0.1) is 51.4 Å².